The maximum atomic E-state index is 5.76. The molecule has 0 aliphatic heterocycles. The Balaban J connectivity index is 1.68. The van der Waals surface area contributed by atoms with Crippen LogP contribution in [-0.2, 0) is 0 Å². The molecule has 0 spiro atoms. The molecule has 1 aliphatic rings. The molecule has 1 aliphatic carbocycles. The minimum Gasteiger partial charge on any atom is -0.382 e. The number of rotatable bonds is 3. The van der Waals surface area contributed by atoms with Gasteiger partial charge >= 0.3 is 0 Å². The van der Waals surface area contributed by atoms with E-state index in [4.69, 9.17) is 5.73 Å². The lowest BCUT2D eigenvalue weighted by Gasteiger charge is -2.33. The van der Waals surface area contributed by atoms with Gasteiger partial charge < -0.3 is 11.1 Å². The van der Waals surface area contributed by atoms with Crippen LogP contribution in [0.4, 0.5) is 5.69 Å². The van der Waals surface area contributed by atoms with Crippen LogP contribution in [0.15, 0.2) is 42.7 Å². The first-order valence-corrected chi connectivity index (χ1v) is 5.93. The molecular formula is C13H16N4. The van der Waals surface area contributed by atoms with E-state index in [0.717, 1.165) is 24.2 Å². The number of anilines is 1. The van der Waals surface area contributed by atoms with Crippen LogP contribution in [0.1, 0.15) is 12.8 Å². The molecule has 17 heavy (non-hydrogen) atoms. The summed E-state index contributed by atoms with van der Waals surface area (Å²) in [7, 11) is 0. The molecule has 1 heterocycles. The molecule has 1 aromatic heterocycles. The highest BCUT2D eigenvalue weighted by Crippen LogP contribution is 2.23. The molecule has 1 aromatic carbocycles. The Morgan fingerprint density at radius 3 is 2.59 bits per heavy atom. The van der Waals surface area contributed by atoms with Crippen molar-refractivity contribution in [2.75, 3.05) is 5.32 Å². The van der Waals surface area contributed by atoms with E-state index in [9.17, 15) is 0 Å². The van der Waals surface area contributed by atoms with Crippen LogP contribution >= 0.6 is 0 Å². The Kier molecular flexibility index (Phi) is 2.57. The summed E-state index contributed by atoms with van der Waals surface area (Å²) in [6.45, 7) is 0. The van der Waals surface area contributed by atoms with E-state index < -0.39 is 0 Å². The van der Waals surface area contributed by atoms with Crippen LogP contribution in [0.3, 0.4) is 0 Å². The number of nitrogens with two attached hydrogens (primary N) is 1. The molecule has 4 heteroatoms. The summed E-state index contributed by atoms with van der Waals surface area (Å²) in [5.74, 6) is 0. The van der Waals surface area contributed by atoms with E-state index in [1.54, 1.807) is 6.20 Å². The minimum atomic E-state index is 0.385. The van der Waals surface area contributed by atoms with Crippen molar-refractivity contribution < 1.29 is 0 Å². The Morgan fingerprint density at radius 2 is 2.00 bits per heavy atom. The van der Waals surface area contributed by atoms with Crippen molar-refractivity contribution in [3.63, 3.8) is 0 Å². The number of hydrogen-bond acceptors (Lipinski definition) is 3. The van der Waals surface area contributed by atoms with Gasteiger partial charge in [0.25, 0.3) is 0 Å². The molecule has 3 N–H and O–H groups in total. The molecule has 88 valence electrons. The highest BCUT2D eigenvalue weighted by atomic mass is 15.3. The first-order valence-electron chi connectivity index (χ1n) is 5.93. The summed E-state index contributed by atoms with van der Waals surface area (Å²) in [5.41, 5.74) is 7.98. The Morgan fingerprint density at radius 1 is 1.24 bits per heavy atom. The number of hydrogen-bond donors (Lipinski definition) is 2. The van der Waals surface area contributed by atoms with Crippen molar-refractivity contribution in [1.82, 2.24) is 9.78 Å². The molecule has 4 nitrogen and oxygen atoms in total. The smallest absolute Gasteiger partial charge is 0.0647 e. The summed E-state index contributed by atoms with van der Waals surface area (Å²) >= 11 is 0. The van der Waals surface area contributed by atoms with Gasteiger partial charge in [-0.25, -0.2) is 4.68 Å². The minimum absolute atomic E-state index is 0.385. The molecule has 3 rings (SSSR count). The summed E-state index contributed by atoms with van der Waals surface area (Å²) in [6.07, 6.45) is 5.86. The fourth-order valence-corrected chi connectivity index (χ4v) is 2.15. The van der Waals surface area contributed by atoms with Crippen molar-refractivity contribution in [1.29, 1.82) is 0 Å². The molecule has 1 saturated carbocycles. The number of nitrogens with zero attached hydrogens (tertiary/aromatic N) is 2. The number of nitrogens with one attached hydrogen (secondary N) is 1. The lowest BCUT2D eigenvalue weighted by Crippen LogP contribution is -2.44. The fraction of sp³-hybridized carbons (Fsp3) is 0.308. The van der Waals surface area contributed by atoms with Gasteiger partial charge in [-0.15, -0.1) is 0 Å². The number of aromatic nitrogens is 2. The average Bonchev–Trinajstić information content (AvgIpc) is 2.81. The van der Waals surface area contributed by atoms with Gasteiger partial charge in [0.1, 0.15) is 0 Å². The first-order chi connectivity index (χ1) is 8.31. The van der Waals surface area contributed by atoms with Gasteiger partial charge in [-0.2, -0.15) is 5.10 Å². The van der Waals surface area contributed by atoms with Crippen molar-refractivity contribution in [3.8, 4) is 5.69 Å². The molecule has 0 radical (unpaired) electrons. The van der Waals surface area contributed by atoms with Gasteiger partial charge in [0.15, 0.2) is 0 Å². The van der Waals surface area contributed by atoms with E-state index in [1.165, 1.54) is 0 Å². The molecule has 1 fully saturated rings. The van der Waals surface area contributed by atoms with Gasteiger partial charge in [0.2, 0.25) is 0 Å². The summed E-state index contributed by atoms with van der Waals surface area (Å²) in [5, 5.41) is 7.67. The van der Waals surface area contributed by atoms with Crippen LogP contribution in [0.25, 0.3) is 5.69 Å². The quantitative estimate of drug-likeness (QED) is 0.841. The number of benzene rings is 1. The van der Waals surface area contributed by atoms with Crippen LogP contribution < -0.4 is 11.1 Å². The van der Waals surface area contributed by atoms with Gasteiger partial charge in [-0.1, -0.05) is 0 Å². The van der Waals surface area contributed by atoms with Gasteiger partial charge in [-0.05, 0) is 43.2 Å². The Labute approximate surface area is 100 Å². The van der Waals surface area contributed by atoms with Gasteiger partial charge in [0.05, 0.1) is 5.69 Å². The second kappa shape index (κ2) is 4.22. The molecular weight excluding hydrogens is 212 g/mol. The highest BCUT2D eigenvalue weighted by molar-refractivity contribution is 5.49. The predicted molar refractivity (Wildman–Crippen MR) is 68.2 cm³/mol. The maximum Gasteiger partial charge on any atom is 0.0647 e. The summed E-state index contributed by atoms with van der Waals surface area (Å²) < 4.78 is 1.85. The van der Waals surface area contributed by atoms with E-state index >= 15 is 0 Å². The molecule has 0 unspecified atom stereocenters. The van der Waals surface area contributed by atoms with Gasteiger partial charge in [-0.3, -0.25) is 0 Å². The van der Waals surface area contributed by atoms with Crippen molar-refractivity contribution >= 4 is 5.69 Å². The third-order valence-corrected chi connectivity index (χ3v) is 3.18. The second-order valence-corrected chi connectivity index (χ2v) is 4.57. The van der Waals surface area contributed by atoms with E-state index in [1.807, 2.05) is 16.9 Å². The second-order valence-electron chi connectivity index (χ2n) is 4.57. The zero-order valence-corrected chi connectivity index (χ0v) is 9.58. The Hall–Kier alpha value is -1.81. The fourth-order valence-electron chi connectivity index (χ4n) is 2.15. The van der Waals surface area contributed by atoms with Crippen LogP contribution in [-0.4, -0.2) is 21.9 Å². The van der Waals surface area contributed by atoms with Crippen molar-refractivity contribution in [2.45, 2.75) is 24.9 Å². The topological polar surface area (TPSA) is 55.9 Å². The lowest BCUT2D eigenvalue weighted by atomic mass is 9.87. The molecule has 0 bridgehead atoms. The standard InChI is InChI=1S/C13H16N4/c14-10-8-12(9-10)16-11-2-4-13(5-3-11)17-7-1-6-15-17/h1-7,10,12,16H,8-9,14H2. The van der Waals surface area contributed by atoms with Crippen molar-refractivity contribution in [2.24, 2.45) is 5.73 Å². The largest absolute Gasteiger partial charge is 0.382 e. The SMILES string of the molecule is NC1CC(Nc2ccc(-n3cccn3)cc2)C1. The molecule has 2 aromatic rings. The maximum absolute atomic E-state index is 5.76. The lowest BCUT2D eigenvalue weighted by molar-refractivity contribution is 0.373. The normalized spacial score (nSPS) is 23.1. The third kappa shape index (κ3) is 2.17. The van der Waals surface area contributed by atoms with E-state index in [-0.39, 0.29) is 0 Å². The van der Waals surface area contributed by atoms with Crippen molar-refractivity contribution in [3.05, 3.63) is 42.7 Å². The van der Waals surface area contributed by atoms with Gasteiger partial charge in [0, 0.05) is 30.2 Å². The zero-order chi connectivity index (χ0) is 11.7. The highest BCUT2D eigenvalue weighted by Gasteiger charge is 2.25. The van der Waals surface area contributed by atoms with E-state index in [2.05, 4.69) is 34.7 Å². The molecule has 0 atom stereocenters. The van der Waals surface area contributed by atoms with E-state index in [0.29, 0.717) is 12.1 Å². The van der Waals surface area contributed by atoms with Crippen LogP contribution in [0, 0.1) is 0 Å². The molecule has 0 saturated heterocycles. The predicted octanol–water partition coefficient (Wildman–Crippen LogP) is 1.77. The summed E-state index contributed by atoms with van der Waals surface area (Å²) in [4.78, 5) is 0. The zero-order valence-electron chi connectivity index (χ0n) is 9.58. The Bertz CT molecular complexity index is 469. The van der Waals surface area contributed by atoms with Crippen LogP contribution in [0.5, 0.6) is 0 Å². The van der Waals surface area contributed by atoms with Crippen LogP contribution in [0.2, 0.25) is 0 Å². The average molecular weight is 228 g/mol. The molecule has 0 amide bonds. The first kappa shape index (κ1) is 10.4. The summed E-state index contributed by atoms with van der Waals surface area (Å²) in [6, 6.07) is 11.1. The third-order valence-electron chi connectivity index (χ3n) is 3.18. The monoisotopic (exact) mass is 228 g/mol.